The minimum atomic E-state index is 0.326. The third kappa shape index (κ3) is 3.04. The predicted octanol–water partition coefficient (Wildman–Crippen LogP) is 2.65. The van der Waals surface area contributed by atoms with E-state index in [1.807, 2.05) is 11.8 Å². The molecular formula is C14H18N2OS2. The maximum Gasteiger partial charge on any atom is 0.173 e. The second-order valence-electron chi connectivity index (χ2n) is 4.79. The van der Waals surface area contributed by atoms with Crippen molar-refractivity contribution in [2.45, 2.75) is 23.8 Å². The van der Waals surface area contributed by atoms with E-state index in [0.29, 0.717) is 6.10 Å². The van der Waals surface area contributed by atoms with Gasteiger partial charge in [-0.1, -0.05) is 12.1 Å². The zero-order chi connectivity index (χ0) is 13.1. The summed E-state index contributed by atoms with van der Waals surface area (Å²) in [6.07, 6.45) is 2.64. The van der Waals surface area contributed by atoms with Gasteiger partial charge < -0.3 is 15.0 Å². The van der Waals surface area contributed by atoms with Gasteiger partial charge in [-0.25, -0.2) is 0 Å². The molecule has 0 radical (unpaired) electrons. The molecule has 1 fully saturated rings. The first-order valence-electron chi connectivity index (χ1n) is 6.73. The number of nitrogens with one attached hydrogen (secondary N) is 1. The van der Waals surface area contributed by atoms with E-state index in [1.165, 1.54) is 17.0 Å². The van der Waals surface area contributed by atoms with Crippen molar-refractivity contribution in [2.24, 2.45) is 0 Å². The zero-order valence-corrected chi connectivity index (χ0v) is 12.4. The van der Waals surface area contributed by atoms with Crippen LogP contribution in [0.25, 0.3) is 0 Å². The third-order valence-corrected chi connectivity index (χ3v) is 4.89. The van der Waals surface area contributed by atoms with Gasteiger partial charge in [-0.2, -0.15) is 0 Å². The molecule has 0 unspecified atom stereocenters. The summed E-state index contributed by atoms with van der Waals surface area (Å²) in [6.45, 7) is 2.69. The van der Waals surface area contributed by atoms with Crippen molar-refractivity contribution in [3.05, 3.63) is 24.3 Å². The Morgan fingerprint density at radius 1 is 1.47 bits per heavy atom. The molecule has 1 N–H and O–H groups in total. The third-order valence-electron chi connectivity index (χ3n) is 3.48. The number of benzene rings is 1. The molecular weight excluding hydrogens is 276 g/mol. The Morgan fingerprint density at radius 2 is 2.37 bits per heavy atom. The number of fused-ring (bicyclic) bond motifs is 1. The summed E-state index contributed by atoms with van der Waals surface area (Å²) in [5.74, 6) is 1.08. The predicted molar refractivity (Wildman–Crippen MR) is 84.1 cm³/mol. The van der Waals surface area contributed by atoms with Gasteiger partial charge in [-0.05, 0) is 37.2 Å². The highest BCUT2D eigenvalue weighted by molar-refractivity contribution is 7.99. The van der Waals surface area contributed by atoms with Crippen LogP contribution in [0.5, 0.6) is 0 Å². The minimum absolute atomic E-state index is 0.326. The van der Waals surface area contributed by atoms with E-state index in [-0.39, 0.29) is 0 Å². The maximum absolute atomic E-state index is 5.62. The fourth-order valence-electron chi connectivity index (χ4n) is 2.48. The molecule has 0 amide bonds. The zero-order valence-electron chi connectivity index (χ0n) is 10.8. The Morgan fingerprint density at radius 3 is 3.21 bits per heavy atom. The van der Waals surface area contributed by atoms with E-state index >= 15 is 0 Å². The molecule has 3 rings (SSSR count). The Labute approximate surface area is 123 Å². The van der Waals surface area contributed by atoms with E-state index < -0.39 is 0 Å². The molecule has 19 heavy (non-hydrogen) atoms. The molecule has 0 aromatic heterocycles. The molecule has 3 nitrogen and oxygen atoms in total. The topological polar surface area (TPSA) is 24.5 Å². The van der Waals surface area contributed by atoms with Crippen LogP contribution in [0, 0.1) is 0 Å². The quantitative estimate of drug-likeness (QED) is 0.846. The molecule has 0 spiro atoms. The summed E-state index contributed by atoms with van der Waals surface area (Å²) in [6, 6.07) is 8.45. The summed E-state index contributed by atoms with van der Waals surface area (Å²) in [5.41, 5.74) is 1.23. The normalized spacial score (nSPS) is 22.1. The Balaban J connectivity index is 1.64. The number of ether oxygens (including phenoxy) is 1. The van der Waals surface area contributed by atoms with Crippen molar-refractivity contribution in [3.63, 3.8) is 0 Å². The van der Waals surface area contributed by atoms with E-state index in [1.54, 1.807) is 0 Å². The van der Waals surface area contributed by atoms with Gasteiger partial charge in [0, 0.05) is 30.3 Å². The molecule has 2 heterocycles. The summed E-state index contributed by atoms with van der Waals surface area (Å²) in [4.78, 5) is 3.52. The van der Waals surface area contributed by atoms with E-state index in [0.717, 1.165) is 37.0 Å². The van der Waals surface area contributed by atoms with Gasteiger partial charge in [0.2, 0.25) is 0 Å². The number of nitrogens with zero attached hydrogens (tertiary/aromatic N) is 1. The van der Waals surface area contributed by atoms with Crippen molar-refractivity contribution in [1.82, 2.24) is 5.32 Å². The number of anilines is 1. The van der Waals surface area contributed by atoms with Crippen molar-refractivity contribution >= 4 is 34.8 Å². The highest BCUT2D eigenvalue weighted by atomic mass is 32.2. The molecule has 0 aliphatic carbocycles. The number of para-hydroxylation sites is 1. The Bertz CT molecular complexity index is 461. The van der Waals surface area contributed by atoms with Crippen molar-refractivity contribution in [3.8, 4) is 0 Å². The summed E-state index contributed by atoms with van der Waals surface area (Å²) < 4.78 is 5.62. The fourth-order valence-corrected chi connectivity index (χ4v) is 3.75. The number of thiocarbonyl (C=S) groups is 1. The first kappa shape index (κ1) is 13.2. The van der Waals surface area contributed by atoms with Crippen LogP contribution in [-0.2, 0) is 4.74 Å². The van der Waals surface area contributed by atoms with Crippen LogP contribution in [-0.4, -0.2) is 36.7 Å². The molecule has 1 atom stereocenters. The number of thioether (sulfide) groups is 1. The highest BCUT2D eigenvalue weighted by Crippen LogP contribution is 2.34. The van der Waals surface area contributed by atoms with E-state index in [2.05, 4.69) is 34.5 Å². The number of hydrogen-bond acceptors (Lipinski definition) is 3. The molecule has 2 aliphatic heterocycles. The molecule has 2 aliphatic rings. The highest BCUT2D eigenvalue weighted by Gasteiger charge is 2.21. The smallest absolute Gasteiger partial charge is 0.173 e. The molecule has 1 saturated heterocycles. The second-order valence-corrected chi connectivity index (χ2v) is 6.31. The van der Waals surface area contributed by atoms with Crippen molar-refractivity contribution in [2.75, 3.05) is 30.3 Å². The maximum atomic E-state index is 5.62. The fraction of sp³-hybridized carbons (Fsp3) is 0.500. The number of hydrogen-bond donors (Lipinski definition) is 1. The SMILES string of the molecule is S=C(NC[C@@H]1CCCO1)N1CCSc2ccccc21. The molecule has 1 aromatic carbocycles. The minimum Gasteiger partial charge on any atom is -0.376 e. The van der Waals surface area contributed by atoms with Gasteiger partial charge in [0.1, 0.15) is 0 Å². The van der Waals surface area contributed by atoms with Crippen LogP contribution >= 0.6 is 24.0 Å². The Hall–Kier alpha value is -0.780. The molecule has 0 bridgehead atoms. The summed E-state index contributed by atoms with van der Waals surface area (Å²) in [7, 11) is 0. The average Bonchev–Trinajstić information content (AvgIpc) is 2.97. The van der Waals surface area contributed by atoms with E-state index in [9.17, 15) is 0 Å². The summed E-state index contributed by atoms with van der Waals surface area (Å²) in [5, 5.41) is 4.18. The molecule has 1 aromatic rings. The molecule has 5 heteroatoms. The van der Waals surface area contributed by atoms with Crippen LogP contribution in [0.2, 0.25) is 0 Å². The van der Waals surface area contributed by atoms with Crippen LogP contribution in [0.4, 0.5) is 5.69 Å². The summed E-state index contributed by atoms with van der Waals surface area (Å²) >= 11 is 7.43. The van der Waals surface area contributed by atoms with E-state index in [4.69, 9.17) is 17.0 Å². The van der Waals surface area contributed by atoms with Gasteiger partial charge in [0.15, 0.2) is 5.11 Å². The van der Waals surface area contributed by atoms with Crippen LogP contribution < -0.4 is 10.2 Å². The van der Waals surface area contributed by atoms with Crippen molar-refractivity contribution < 1.29 is 4.74 Å². The first-order chi connectivity index (χ1) is 9.34. The van der Waals surface area contributed by atoms with Crippen LogP contribution in [0.15, 0.2) is 29.2 Å². The number of rotatable bonds is 2. The monoisotopic (exact) mass is 294 g/mol. The lowest BCUT2D eigenvalue weighted by Gasteiger charge is -2.31. The first-order valence-corrected chi connectivity index (χ1v) is 8.13. The van der Waals surface area contributed by atoms with Crippen LogP contribution in [0.3, 0.4) is 0 Å². The van der Waals surface area contributed by atoms with Crippen LogP contribution in [0.1, 0.15) is 12.8 Å². The van der Waals surface area contributed by atoms with Gasteiger partial charge in [-0.15, -0.1) is 11.8 Å². The largest absolute Gasteiger partial charge is 0.376 e. The lowest BCUT2D eigenvalue weighted by Crippen LogP contribution is -2.45. The van der Waals surface area contributed by atoms with Gasteiger partial charge in [-0.3, -0.25) is 0 Å². The van der Waals surface area contributed by atoms with Gasteiger partial charge in [0.05, 0.1) is 11.8 Å². The van der Waals surface area contributed by atoms with Crippen molar-refractivity contribution in [1.29, 1.82) is 0 Å². The molecule has 0 saturated carbocycles. The lowest BCUT2D eigenvalue weighted by atomic mass is 10.2. The molecule has 102 valence electrons. The average molecular weight is 294 g/mol. The van der Waals surface area contributed by atoms with Gasteiger partial charge in [0.25, 0.3) is 0 Å². The van der Waals surface area contributed by atoms with Gasteiger partial charge >= 0.3 is 0 Å². The Kier molecular flexibility index (Phi) is 4.25. The second kappa shape index (κ2) is 6.11. The standard InChI is InChI=1S/C14H18N2OS2/c18-14(15-10-11-4-3-8-17-11)16-7-9-19-13-6-2-1-5-12(13)16/h1-2,5-6,11H,3-4,7-10H2,(H,15,18)/t11-/m0/s1. The lowest BCUT2D eigenvalue weighted by molar-refractivity contribution is 0.114.